The van der Waals surface area contributed by atoms with Crippen LogP contribution in [-0.4, -0.2) is 30.0 Å². The van der Waals surface area contributed by atoms with E-state index in [1.165, 1.54) is 0 Å². The van der Waals surface area contributed by atoms with Gasteiger partial charge in [0.1, 0.15) is 30.1 Å². The van der Waals surface area contributed by atoms with Gasteiger partial charge in [-0.05, 0) is 25.1 Å². The number of esters is 1. The number of ketones is 1. The predicted molar refractivity (Wildman–Crippen MR) is 81.3 cm³/mol. The zero-order chi connectivity index (χ0) is 15.9. The van der Waals surface area contributed by atoms with Gasteiger partial charge in [-0.2, -0.15) is 0 Å². The molecule has 1 aromatic heterocycles. The highest BCUT2D eigenvalue weighted by molar-refractivity contribution is 5.96. The van der Waals surface area contributed by atoms with Gasteiger partial charge in [-0.15, -0.1) is 0 Å². The Labute approximate surface area is 127 Å². The first-order chi connectivity index (χ1) is 10.6. The summed E-state index contributed by atoms with van der Waals surface area (Å²) in [6.45, 7) is 1.71. The molecule has 0 radical (unpaired) electrons. The van der Waals surface area contributed by atoms with Crippen molar-refractivity contribution in [3.05, 3.63) is 30.3 Å². The number of anilines is 1. The van der Waals surface area contributed by atoms with Crippen LogP contribution < -0.4 is 16.0 Å². The van der Waals surface area contributed by atoms with Crippen LogP contribution >= 0.6 is 0 Å². The predicted octanol–water partition coefficient (Wildman–Crippen LogP) is 1.42. The van der Waals surface area contributed by atoms with Gasteiger partial charge in [0.2, 0.25) is 0 Å². The molecular formula is C15H17N3O4. The molecule has 7 nitrogen and oxygen atoms in total. The van der Waals surface area contributed by atoms with Crippen molar-refractivity contribution in [2.75, 3.05) is 18.6 Å². The first-order valence-electron chi connectivity index (χ1n) is 6.80. The normalized spacial score (nSPS) is 10.3. The van der Waals surface area contributed by atoms with Crippen LogP contribution in [-0.2, 0) is 14.3 Å². The van der Waals surface area contributed by atoms with Crippen molar-refractivity contribution < 1.29 is 19.1 Å². The van der Waals surface area contributed by atoms with Crippen molar-refractivity contribution in [1.29, 1.82) is 0 Å². The van der Waals surface area contributed by atoms with Crippen LogP contribution in [0.15, 0.2) is 30.3 Å². The van der Waals surface area contributed by atoms with Crippen LogP contribution in [0.2, 0.25) is 0 Å². The number of para-hydroxylation sites is 1. The fraction of sp³-hybridized carbons (Fsp3) is 0.267. The van der Waals surface area contributed by atoms with Crippen LogP contribution in [0.5, 0.6) is 5.75 Å². The largest absolute Gasteiger partial charge is 0.484 e. The molecule has 116 valence electrons. The fourth-order valence-corrected chi connectivity index (χ4v) is 1.90. The standard InChI is InChI=1S/C15H17N3O4/c1-2-21-14(20)8-11(19)9-22-12-5-3-4-10-6-7-13(18-16)17-15(10)12/h3-7H,2,8-9,16H2,1H3,(H,17,18). The first kappa shape index (κ1) is 15.7. The smallest absolute Gasteiger partial charge is 0.313 e. The molecule has 0 aliphatic heterocycles. The maximum atomic E-state index is 11.7. The van der Waals surface area contributed by atoms with Gasteiger partial charge < -0.3 is 14.9 Å². The summed E-state index contributed by atoms with van der Waals surface area (Å²) in [5, 5.41) is 0.856. The van der Waals surface area contributed by atoms with Crippen LogP contribution in [0.4, 0.5) is 5.82 Å². The molecule has 0 bridgehead atoms. The Kier molecular flexibility index (Phi) is 5.26. The number of ether oxygens (including phenoxy) is 2. The molecule has 0 aliphatic rings. The number of nitrogens with two attached hydrogens (primary N) is 1. The molecule has 2 rings (SSSR count). The summed E-state index contributed by atoms with van der Waals surface area (Å²) in [5.74, 6) is 5.36. The maximum absolute atomic E-state index is 11.7. The van der Waals surface area contributed by atoms with Crippen molar-refractivity contribution in [2.45, 2.75) is 13.3 Å². The molecule has 0 amide bonds. The molecule has 1 aromatic carbocycles. The Bertz CT molecular complexity index is 688. The number of hydrazine groups is 1. The number of nitrogen functional groups attached to an aromatic ring is 1. The molecule has 0 saturated heterocycles. The van der Waals surface area contributed by atoms with Crippen molar-refractivity contribution in [1.82, 2.24) is 4.98 Å². The lowest BCUT2D eigenvalue weighted by molar-refractivity contribution is -0.145. The molecule has 3 N–H and O–H groups in total. The lowest BCUT2D eigenvalue weighted by atomic mass is 10.2. The number of fused-ring (bicyclic) bond motifs is 1. The summed E-state index contributed by atoms with van der Waals surface area (Å²) < 4.78 is 10.2. The second kappa shape index (κ2) is 7.37. The molecule has 7 heteroatoms. The summed E-state index contributed by atoms with van der Waals surface area (Å²) in [6, 6.07) is 8.94. The lowest BCUT2D eigenvalue weighted by Crippen LogP contribution is -2.17. The van der Waals surface area contributed by atoms with E-state index in [1.54, 1.807) is 25.1 Å². The van der Waals surface area contributed by atoms with E-state index in [1.807, 2.05) is 12.1 Å². The van der Waals surface area contributed by atoms with E-state index in [0.29, 0.717) is 17.1 Å². The van der Waals surface area contributed by atoms with E-state index in [-0.39, 0.29) is 25.4 Å². The topological polar surface area (TPSA) is 104 Å². The van der Waals surface area contributed by atoms with Crippen molar-refractivity contribution in [2.24, 2.45) is 5.84 Å². The van der Waals surface area contributed by atoms with Gasteiger partial charge in [0.05, 0.1) is 6.61 Å². The van der Waals surface area contributed by atoms with Gasteiger partial charge in [0.15, 0.2) is 5.78 Å². The number of Topliss-reactive ketones (excluding diaryl/α,β-unsaturated/α-hetero) is 1. The summed E-state index contributed by atoms with van der Waals surface area (Å²) in [7, 11) is 0. The molecular weight excluding hydrogens is 286 g/mol. The van der Waals surface area contributed by atoms with Crippen LogP contribution in [0.3, 0.4) is 0 Å². The van der Waals surface area contributed by atoms with Gasteiger partial charge in [-0.25, -0.2) is 10.8 Å². The molecule has 0 saturated carbocycles. The number of nitrogens with zero attached hydrogens (tertiary/aromatic N) is 1. The summed E-state index contributed by atoms with van der Waals surface area (Å²) >= 11 is 0. The van der Waals surface area contributed by atoms with Gasteiger partial charge in [-0.3, -0.25) is 9.59 Å². The Morgan fingerprint density at radius 3 is 2.82 bits per heavy atom. The van der Waals surface area contributed by atoms with Crippen molar-refractivity contribution in [3.63, 3.8) is 0 Å². The van der Waals surface area contributed by atoms with Crippen LogP contribution in [0, 0.1) is 0 Å². The first-order valence-corrected chi connectivity index (χ1v) is 6.80. The number of hydrogen-bond acceptors (Lipinski definition) is 7. The number of rotatable bonds is 7. The van der Waals surface area contributed by atoms with E-state index in [4.69, 9.17) is 15.3 Å². The quantitative estimate of drug-likeness (QED) is 0.345. The average molecular weight is 303 g/mol. The summed E-state index contributed by atoms with van der Waals surface area (Å²) in [6.07, 6.45) is -0.304. The van der Waals surface area contributed by atoms with Crippen molar-refractivity contribution >= 4 is 28.5 Å². The molecule has 0 unspecified atom stereocenters. The number of nitrogens with one attached hydrogen (secondary N) is 1. The lowest BCUT2D eigenvalue weighted by Gasteiger charge is -2.09. The van der Waals surface area contributed by atoms with Crippen LogP contribution in [0.1, 0.15) is 13.3 Å². The third-order valence-electron chi connectivity index (χ3n) is 2.87. The Balaban J connectivity index is 2.08. The number of carbonyl (C=O) groups is 2. The number of aromatic nitrogens is 1. The minimum atomic E-state index is -0.554. The molecule has 0 fully saturated rings. The monoisotopic (exact) mass is 303 g/mol. The fourth-order valence-electron chi connectivity index (χ4n) is 1.90. The molecule has 22 heavy (non-hydrogen) atoms. The second-order valence-corrected chi connectivity index (χ2v) is 4.48. The van der Waals surface area contributed by atoms with Gasteiger partial charge in [0.25, 0.3) is 0 Å². The summed E-state index contributed by atoms with van der Waals surface area (Å²) in [4.78, 5) is 27.2. The van der Waals surface area contributed by atoms with E-state index >= 15 is 0 Å². The van der Waals surface area contributed by atoms with E-state index in [0.717, 1.165) is 5.39 Å². The molecule has 1 heterocycles. The number of hydrogen-bond donors (Lipinski definition) is 2. The zero-order valence-corrected chi connectivity index (χ0v) is 12.2. The minimum absolute atomic E-state index is 0.222. The number of carbonyl (C=O) groups excluding carboxylic acids is 2. The van der Waals surface area contributed by atoms with Gasteiger partial charge >= 0.3 is 5.97 Å². The third-order valence-corrected chi connectivity index (χ3v) is 2.87. The highest BCUT2D eigenvalue weighted by Crippen LogP contribution is 2.25. The SMILES string of the molecule is CCOC(=O)CC(=O)COc1cccc2ccc(NN)nc12. The molecule has 0 spiro atoms. The maximum Gasteiger partial charge on any atom is 0.313 e. The van der Waals surface area contributed by atoms with E-state index in [9.17, 15) is 9.59 Å². The van der Waals surface area contributed by atoms with E-state index in [2.05, 4.69) is 10.4 Å². The van der Waals surface area contributed by atoms with Crippen LogP contribution in [0.25, 0.3) is 10.9 Å². The highest BCUT2D eigenvalue weighted by Gasteiger charge is 2.12. The third kappa shape index (κ3) is 3.92. The highest BCUT2D eigenvalue weighted by atomic mass is 16.5. The van der Waals surface area contributed by atoms with Crippen molar-refractivity contribution in [3.8, 4) is 5.75 Å². The Morgan fingerprint density at radius 2 is 2.09 bits per heavy atom. The van der Waals surface area contributed by atoms with Gasteiger partial charge in [0, 0.05) is 5.39 Å². The number of pyridine rings is 1. The zero-order valence-electron chi connectivity index (χ0n) is 12.2. The Hall–Kier alpha value is -2.67. The second-order valence-electron chi connectivity index (χ2n) is 4.48. The Morgan fingerprint density at radius 1 is 1.27 bits per heavy atom. The minimum Gasteiger partial charge on any atom is -0.484 e. The number of benzene rings is 1. The van der Waals surface area contributed by atoms with E-state index < -0.39 is 5.97 Å². The molecule has 2 aromatic rings. The molecule has 0 atom stereocenters. The summed E-state index contributed by atoms with van der Waals surface area (Å²) in [5.41, 5.74) is 3.04. The average Bonchev–Trinajstić information content (AvgIpc) is 2.52. The molecule has 0 aliphatic carbocycles. The van der Waals surface area contributed by atoms with Gasteiger partial charge in [-0.1, -0.05) is 12.1 Å².